The summed E-state index contributed by atoms with van der Waals surface area (Å²) in [5.41, 5.74) is 6.77. The third-order valence-electron chi connectivity index (χ3n) is 3.31. The van der Waals surface area contributed by atoms with Gasteiger partial charge in [0.15, 0.2) is 0 Å². The number of furan rings is 1. The Morgan fingerprint density at radius 3 is 2.93 bits per heavy atom. The fourth-order valence-electron chi connectivity index (χ4n) is 2.30. The summed E-state index contributed by atoms with van der Waals surface area (Å²) in [5.74, 6) is 1.98. The molecule has 1 unspecified atom stereocenters. The van der Waals surface area contributed by atoms with Crippen LogP contribution in [0.5, 0.6) is 0 Å². The minimum atomic E-state index is 0.501. The zero-order valence-electron chi connectivity index (χ0n) is 9.62. The lowest BCUT2D eigenvalue weighted by atomic mass is 10.2. The van der Waals surface area contributed by atoms with Crippen molar-refractivity contribution in [2.24, 2.45) is 5.73 Å². The van der Waals surface area contributed by atoms with Gasteiger partial charge in [0.2, 0.25) is 0 Å². The van der Waals surface area contributed by atoms with Crippen molar-refractivity contribution >= 4 is 0 Å². The molecule has 1 saturated heterocycles. The first kappa shape index (κ1) is 10.7. The lowest BCUT2D eigenvalue weighted by Crippen LogP contribution is -2.25. The number of hydrogen-bond donors (Lipinski definition) is 1. The van der Waals surface area contributed by atoms with Crippen molar-refractivity contribution in [1.82, 2.24) is 4.90 Å². The van der Waals surface area contributed by atoms with E-state index in [2.05, 4.69) is 24.8 Å². The van der Waals surface area contributed by atoms with Crippen LogP contribution in [-0.4, -0.2) is 17.5 Å². The van der Waals surface area contributed by atoms with E-state index in [1.54, 1.807) is 0 Å². The molecule has 3 nitrogen and oxygen atoms in total. The number of rotatable bonds is 3. The largest absolute Gasteiger partial charge is 0.463 e. The van der Waals surface area contributed by atoms with Crippen LogP contribution in [0.15, 0.2) is 10.5 Å². The molecular weight excluding hydrogens is 188 g/mol. The molecule has 0 aromatic carbocycles. The Bertz CT molecular complexity index is 332. The van der Waals surface area contributed by atoms with Crippen LogP contribution < -0.4 is 5.73 Å². The summed E-state index contributed by atoms with van der Waals surface area (Å²) in [4.78, 5) is 2.47. The highest BCUT2D eigenvalue weighted by Gasteiger charge is 2.21. The van der Waals surface area contributed by atoms with E-state index in [9.17, 15) is 0 Å². The maximum atomic E-state index is 5.71. The maximum Gasteiger partial charge on any atom is 0.120 e. The molecule has 1 fully saturated rings. The van der Waals surface area contributed by atoms with Crippen LogP contribution in [-0.2, 0) is 13.1 Å². The van der Waals surface area contributed by atoms with Gasteiger partial charge in [-0.05, 0) is 44.9 Å². The number of nitrogens with two attached hydrogens (primary N) is 1. The first-order chi connectivity index (χ1) is 7.20. The second-order valence-corrected chi connectivity index (χ2v) is 4.48. The average molecular weight is 208 g/mol. The van der Waals surface area contributed by atoms with E-state index >= 15 is 0 Å². The second kappa shape index (κ2) is 4.37. The summed E-state index contributed by atoms with van der Waals surface area (Å²) < 4.78 is 5.71. The SMILES string of the molecule is Cc1cc(CN2CCCC2C)oc1CN. The van der Waals surface area contributed by atoms with Crippen molar-refractivity contribution in [2.45, 2.75) is 45.8 Å². The van der Waals surface area contributed by atoms with E-state index in [1.165, 1.54) is 24.9 Å². The topological polar surface area (TPSA) is 42.4 Å². The molecule has 0 bridgehead atoms. The Labute approximate surface area is 91.2 Å². The van der Waals surface area contributed by atoms with Crippen molar-refractivity contribution in [2.75, 3.05) is 6.54 Å². The highest BCUT2D eigenvalue weighted by Crippen LogP contribution is 2.21. The maximum absolute atomic E-state index is 5.71. The van der Waals surface area contributed by atoms with Gasteiger partial charge in [-0.1, -0.05) is 0 Å². The molecule has 2 rings (SSSR count). The van der Waals surface area contributed by atoms with Crippen molar-refractivity contribution in [1.29, 1.82) is 0 Å². The first-order valence-electron chi connectivity index (χ1n) is 5.73. The normalized spacial score (nSPS) is 22.5. The van der Waals surface area contributed by atoms with E-state index in [0.717, 1.165) is 18.1 Å². The van der Waals surface area contributed by atoms with Crippen LogP contribution in [0.2, 0.25) is 0 Å². The zero-order valence-corrected chi connectivity index (χ0v) is 9.62. The van der Waals surface area contributed by atoms with E-state index in [-0.39, 0.29) is 0 Å². The standard InChI is InChI=1S/C12H20N2O/c1-9-6-11(15-12(9)7-13)8-14-5-3-4-10(14)2/h6,10H,3-5,7-8,13H2,1-2H3. The summed E-state index contributed by atoms with van der Waals surface area (Å²) in [7, 11) is 0. The van der Waals surface area contributed by atoms with Gasteiger partial charge in [0.05, 0.1) is 13.1 Å². The lowest BCUT2D eigenvalue weighted by Gasteiger charge is -2.19. The minimum absolute atomic E-state index is 0.501. The van der Waals surface area contributed by atoms with Crippen molar-refractivity contribution in [3.8, 4) is 0 Å². The van der Waals surface area contributed by atoms with Gasteiger partial charge in [-0.2, -0.15) is 0 Å². The first-order valence-corrected chi connectivity index (χ1v) is 5.73. The summed E-state index contributed by atoms with van der Waals surface area (Å²) in [5, 5.41) is 0. The molecule has 15 heavy (non-hydrogen) atoms. The third kappa shape index (κ3) is 2.24. The Morgan fingerprint density at radius 2 is 2.40 bits per heavy atom. The smallest absolute Gasteiger partial charge is 0.120 e. The fraction of sp³-hybridized carbons (Fsp3) is 0.667. The molecule has 0 spiro atoms. The van der Waals surface area contributed by atoms with Gasteiger partial charge in [0.1, 0.15) is 11.5 Å². The zero-order chi connectivity index (χ0) is 10.8. The Balaban J connectivity index is 2.04. The van der Waals surface area contributed by atoms with Crippen molar-refractivity contribution < 1.29 is 4.42 Å². The lowest BCUT2D eigenvalue weighted by molar-refractivity contribution is 0.236. The third-order valence-corrected chi connectivity index (χ3v) is 3.31. The Kier molecular flexibility index (Phi) is 3.12. The van der Waals surface area contributed by atoms with Gasteiger partial charge in [0, 0.05) is 6.04 Å². The van der Waals surface area contributed by atoms with E-state index in [1.807, 2.05) is 0 Å². The van der Waals surface area contributed by atoms with E-state index in [4.69, 9.17) is 10.2 Å². The van der Waals surface area contributed by atoms with E-state index < -0.39 is 0 Å². The van der Waals surface area contributed by atoms with E-state index in [0.29, 0.717) is 12.6 Å². The summed E-state index contributed by atoms with van der Waals surface area (Å²) in [6.07, 6.45) is 2.62. The van der Waals surface area contributed by atoms with Gasteiger partial charge in [-0.3, -0.25) is 4.90 Å². The molecule has 1 aromatic heterocycles. The molecule has 0 saturated carbocycles. The quantitative estimate of drug-likeness (QED) is 0.826. The number of hydrogen-bond acceptors (Lipinski definition) is 3. The summed E-state index contributed by atoms with van der Waals surface area (Å²) >= 11 is 0. The van der Waals surface area contributed by atoms with Crippen LogP contribution in [0.1, 0.15) is 36.8 Å². The Hall–Kier alpha value is -0.800. The molecule has 2 heterocycles. The van der Waals surface area contributed by atoms with Gasteiger partial charge in [-0.15, -0.1) is 0 Å². The predicted octanol–water partition coefficient (Wildman–Crippen LogP) is 2.03. The number of nitrogens with zero attached hydrogens (tertiary/aromatic N) is 1. The number of aryl methyl sites for hydroxylation is 1. The van der Waals surface area contributed by atoms with Crippen LogP contribution in [0, 0.1) is 6.92 Å². The molecule has 3 heteroatoms. The van der Waals surface area contributed by atoms with Gasteiger partial charge in [-0.25, -0.2) is 0 Å². The molecule has 0 amide bonds. The molecule has 0 radical (unpaired) electrons. The number of likely N-dealkylation sites (tertiary alicyclic amines) is 1. The summed E-state index contributed by atoms with van der Waals surface area (Å²) in [6, 6.07) is 2.81. The van der Waals surface area contributed by atoms with Gasteiger partial charge in [0.25, 0.3) is 0 Å². The van der Waals surface area contributed by atoms with Crippen LogP contribution in [0.25, 0.3) is 0 Å². The molecule has 0 aliphatic carbocycles. The molecular formula is C12H20N2O. The molecule has 1 aliphatic heterocycles. The average Bonchev–Trinajstić information content (AvgIpc) is 2.75. The van der Waals surface area contributed by atoms with Gasteiger partial charge >= 0.3 is 0 Å². The minimum Gasteiger partial charge on any atom is -0.463 e. The molecule has 2 N–H and O–H groups in total. The molecule has 84 valence electrons. The van der Waals surface area contributed by atoms with Gasteiger partial charge < -0.3 is 10.2 Å². The fourth-order valence-corrected chi connectivity index (χ4v) is 2.30. The van der Waals surface area contributed by atoms with Crippen LogP contribution >= 0.6 is 0 Å². The van der Waals surface area contributed by atoms with Crippen LogP contribution in [0.4, 0.5) is 0 Å². The molecule has 1 aliphatic rings. The van der Waals surface area contributed by atoms with Crippen molar-refractivity contribution in [3.05, 3.63) is 23.2 Å². The van der Waals surface area contributed by atoms with Crippen molar-refractivity contribution in [3.63, 3.8) is 0 Å². The highest BCUT2D eigenvalue weighted by molar-refractivity contribution is 5.19. The second-order valence-electron chi connectivity index (χ2n) is 4.48. The molecule has 1 atom stereocenters. The highest BCUT2D eigenvalue weighted by atomic mass is 16.3. The monoisotopic (exact) mass is 208 g/mol. The Morgan fingerprint density at radius 1 is 1.60 bits per heavy atom. The van der Waals surface area contributed by atoms with Crippen LogP contribution in [0.3, 0.4) is 0 Å². The predicted molar refractivity (Wildman–Crippen MR) is 60.4 cm³/mol. The molecule has 1 aromatic rings. The summed E-state index contributed by atoms with van der Waals surface area (Å²) in [6.45, 7) is 6.97.